The van der Waals surface area contributed by atoms with E-state index in [-0.39, 0.29) is 5.56 Å². The summed E-state index contributed by atoms with van der Waals surface area (Å²) in [6.45, 7) is 0. The Balaban J connectivity index is 3.42. The van der Waals surface area contributed by atoms with E-state index in [4.69, 9.17) is 16.9 Å². The van der Waals surface area contributed by atoms with Crippen LogP contribution in [0.2, 0.25) is 5.02 Å². The fraction of sp³-hybridized carbons (Fsp3) is 0. The van der Waals surface area contributed by atoms with E-state index in [1.54, 1.807) is 6.07 Å². The predicted octanol–water partition coefficient (Wildman–Crippen LogP) is 2.26. The number of halogens is 2. The minimum atomic E-state index is -1.18. The highest BCUT2D eigenvalue weighted by atomic mass is 35.5. The van der Waals surface area contributed by atoms with Gasteiger partial charge in [-0.05, 0) is 6.07 Å². The minimum Gasteiger partial charge on any atom is -0.258 e. The van der Waals surface area contributed by atoms with Crippen LogP contribution in [0.3, 0.4) is 0 Å². The van der Waals surface area contributed by atoms with Gasteiger partial charge in [0.1, 0.15) is 11.1 Å². The standard InChI is InChI=1S/C7H2ClFN2O2/c8-6-4(3-10)1-2-5(7(6)9)11(12)13/h1-2H. The van der Waals surface area contributed by atoms with Gasteiger partial charge in [-0.2, -0.15) is 9.65 Å². The Morgan fingerprint density at radius 3 is 2.69 bits per heavy atom. The molecular weight excluding hydrogens is 199 g/mol. The van der Waals surface area contributed by atoms with Gasteiger partial charge in [0, 0.05) is 6.07 Å². The predicted molar refractivity (Wildman–Crippen MR) is 42.8 cm³/mol. The van der Waals surface area contributed by atoms with Gasteiger partial charge in [-0.15, -0.1) is 0 Å². The summed E-state index contributed by atoms with van der Waals surface area (Å²) in [4.78, 5) is 9.30. The molecule has 0 N–H and O–H groups in total. The molecule has 1 rings (SSSR count). The van der Waals surface area contributed by atoms with Gasteiger partial charge in [-0.1, -0.05) is 11.6 Å². The molecular formula is C7H2ClFN2O2. The first-order chi connectivity index (χ1) is 6.07. The van der Waals surface area contributed by atoms with Crippen molar-refractivity contribution in [2.24, 2.45) is 0 Å². The van der Waals surface area contributed by atoms with Gasteiger partial charge in [0.15, 0.2) is 0 Å². The molecule has 0 saturated heterocycles. The number of nitrogens with zero attached hydrogens (tertiary/aromatic N) is 2. The van der Waals surface area contributed by atoms with E-state index in [0.717, 1.165) is 12.1 Å². The van der Waals surface area contributed by atoms with Crippen LogP contribution in [0.15, 0.2) is 12.1 Å². The molecule has 6 heteroatoms. The van der Waals surface area contributed by atoms with Crippen LogP contribution in [0, 0.1) is 27.3 Å². The van der Waals surface area contributed by atoms with Crippen LogP contribution in [-0.4, -0.2) is 4.92 Å². The molecule has 0 radical (unpaired) electrons. The summed E-state index contributed by atoms with van der Waals surface area (Å²) < 4.78 is 13.0. The maximum atomic E-state index is 13.0. The molecule has 0 aliphatic rings. The first kappa shape index (κ1) is 9.42. The normalized spacial score (nSPS) is 9.31. The van der Waals surface area contributed by atoms with Crippen molar-refractivity contribution in [1.82, 2.24) is 0 Å². The van der Waals surface area contributed by atoms with Crippen LogP contribution in [-0.2, 0) is 0 Å². The van der Waals surface area contributed by atoms with Crippen molar-refractivity contribution in [2.45, 2.75) is 0 Å². The molecule has 0 aromatic heterocycles. The number of hydrogen-bond donors (Lipinski definition) is 0. The lowest BCUT2D eigenvalue weighted by Gasteiger charge is -1.97. The Kier molecular flexibility index (Phi) is 2.44. The number of nitro groups is 1. The Bertz CT molecular complexity index is 414. The SMILES string of the molecule is N#Cc1ccc([N+](=O)[O-])c(F)c1Cl. The van der Waals surface area contributed by atoms with Crippen molar-refractivity contribution in [2.75, 3.05) is 0 Å². The quantitative estimate of drug-likeness (QED) is 0.516. The lowest BCUT2D eigenvalue weighted by molar-refractivity contribution is -0.387. The van der Waals surface area contributed by atoms with E-state index in [0.29, 0.717) is 0 Å². The van der Waals surface area contributed by atoms with Gasteiger partial charge >= 0.3 is 5.69 Å². The lowest BCUT2D eigenvalue weighted by atomic mass is 10.2. The Morgan fingerprint density at radius 1 is 1.62 bits per heavy atom. The van der Waals surface area contributed by atoms with Gasteiger partial charge in [0.2, 0.25) is 5.82 Å². The molecule has 0 aliphatic carbocycles. The van der Waals surface area contributed by atoms with Crippen molar-refractivity contribution in [3.8, 4) is 6.07 Å². The van der Waals surface area contributed by atoms with Crippen LogP contribution in [0.4, 0.5) is 10.1 Å². The van der Waals surface area contributed by atoms with Gasteiger partial charge in [-0.25, -0.2) is 0 Å². The summed E-state index contributed by atoms with van der Waals surface area (Å²) in [6, 6.07) is 3.61. The van der Waals surface area contributed by atoms with Crippen molar-refractivity contribution in [3.05, 3.63) is 38.7 Å². The van der Waals surface area contributed by atoms with E-state index in [9.17, 15) is 14.5 Å². The summed E-state index contributed by atoms with van der Waals surface area (Å²) >= 11 is 5.34. The van der Waals surface area contributed by atoms with Crippen LogP contribution >= 0.6 is 11.6 Å². The molecule has 0 spiro atoms. The molecule has 0 saturated carbocycles. The average molecular weight is 201 g/mol. The Labute approximate surface area is 77.3 Å². The number of hydrogen-bond acceptors (Lipinski definition) is 3. The van der Waals surface area contributed by atoms with Crippen LogP contribution < -0.4 is 0 Å². The monoisotopic (exact) mass is 200 g/mol. The third kappa shape index (κ3) is 1.58. The number of nitro benzene ring substituents is 1. The van der Waals surface area contributed by atoms with Gasteiger partial charge in [0.25, 0.3) is 0 Å². The zero-order valence-corrected chi connectivity index (χ0v) is 6.88. The second-order valence-electron chi connectivity index (χ2n) is 2.13. The molecule has 0 bridgehead atoms. The molecule has 1 aromatic carbocycles. The van der Waals surface area contributed by atoms with Crippen molar-refractivity contribution >= 4 is 17.3 Å². The van der Waals surface area contributed by atoms with Crippen LogP contribution in [0.25, 0.3) is 0 Å². The smallest absolute Gasteiger partial charge is 0.258 e. The van der Waals surface area contributed by atoms with Gasteiger partial charge in [-0.3, -0.25) is 10.1 Å². The maximum absolute atomic E-state index is 13.0. The summed E-state index contributed by atoms with van der Waals surface area (Å²) in [7, 11) is 0. The van der Waals surface area contributed by atoms with E-state index >= 15 is 0 Å². The zero-order chi connectivity index (χ0) is 10.0. The van der Waals surface area contributed by atoms with Crippen molar-refractivity contribution in [3.63, 3.8) is 0 Å². The molecule has 0 fully saturated rings. The first-order valence-electron chi connectivity index (χ1n) is 3.10. The summed E-state index contributed by atoms with van der Waals surface area (Å²) in [6.07, 6.45) is 0. The van der Waals surface area contributed by atoms with Crippen LogP contribution in [0.5, 0.6) is 0 Å². The number of rotatable bonds is 1. The molecule has 66 valence electrons. The van der Waals surface area contributed by atoms with Gasteiger partial charge in [0.05, 0.1) is 10.5 Å². The topological polar surface area (TPSA) is 66.9 Å². The minimum absolute atomic E-state index is 0.121. The molecule has 1 aromatic rings. The van der Waals surface area contributed by atoms with E-state index in [1.807, 2.05) is 0 Å². The zero-order valence-electron chi connectivity index (χ0n) is 6.12. The Morgan fingerprint density at radius 2 is 2.23 bits per heavy atom. The average Bonchev–Trinajstić information content (AvgIpc) is 2.09. The highest BCUT2D eigenvalue weighted by Crippen LogP contribution is 2.27. The third-order valence-electron chi connectivity index (χ3n) is 1.38. The van der Waals surface area contributed by atoms with E-state index in [1.165, 1.54) is 0 Å². The second-order valence-corrected chi connectivity index (χ2v) is 2.51. The van der Waals surface area contributed by atoms with Crippen molar-refractivity contribution < 1.29 is 9.31 Å². The second kappa shape index (κ2) is 3.37. The molecule has 0 amide bonds. The summed E-state index contributed by atoms with van der Waals surface area (Å²) in [5.74, 6) is -1.18. The molecule has 0 heterocycles. The Hall–Kier alpha value is -1.67. The van der Waals surface area contributed by atoms with E-state index in [2.05, 4.69) is 0 Å². The van der Waals surface area contributed by atoms with Gasteiger partial charge < -0.3 is 0 Å². The largest absolute Gasteiger partial charge is 0.306 e. The van der Waals surface area contributed by atoms with E-state index < -0.39 is 21.5 Å². The summed E-state index contributed by atoms with van der Waals surface area (Å²) in [5, 5.41) is 18.1. The molecule has 0 unspecified atom stereocenters. The molecule has 4 nitrogen and oxygen atoms in total. The summed E-state index contributed by atoms with van der Waals surface area (Å²) in [5.41, 5.74) is -0.853. The first-order valence-corrected chi connectivity index (χ1v) is 3.48. The maximum Gasteiger partial charge on any atom is 0.306 e. The highest BCUT2D eigenvalue weighted by molar-refractivity contribution is 6.32. The number of benzene rings is 1. The fourth-order valence-electron chi connectivity index (χ4n) is 0.767. The third-order valence-corrected chi connectivity index (χ3v) is 1.75. The highest BCUT2D eigenvalue weighted by Gasteiger charge is 2.19. The molecule has 13 heavy (non-hydrogen) atoms. The molecule has 0 aliphatic heterocycles. The molecule has 0 atom stereocenters. The fourth-order valence-corrected chi connectivity index (χ4v) is 0.969. The van der Waals surface area contributed by atoms with Crippen LogP contribution in [0.1, 0.15) is 5.56 Å². The lowest BCUT2D eigenvalue weighted by Crippen LogP contribution is -1.94. The number of nitriles is 1. The van der Waals surface area contributed by atoms with Crippen molar-refractivity contribution in [1.29, 1.82) is 5.26 Å².